The van der Waals surface area contributed by atoms with Gasteiger partial charge in [0, 0.05) is 13.8 Å². The molecule has 0 amide bonds. The highest BCUT2D eigenvalue weighted by Gasteiger charge is 2.46. The van der Waals surface area contributed by atoms with Gasteiger partial charge in [0.15, 0.2) is 5.71 Å². The lowest BCUT2D eigenvalue weighted by molar-refractivity contribution is -0.791. The number of aliphatic hydroxyl groups excluding tert-OH is 1. The molecule has 0 saturated carbocycles. The summed E-state index contributed by atoms with van der Waals surface area (Å²) in [6.45, 7) is 14.4. The Morgan fingerprint density at radius 1 is 1.28 bits per heavy atom. The van der Waals surface area contributed by atoms with Crippen LogP contribution in [-0.4, -0.2) is 41.4 Å². The molecule has 7 heteroatoms. The molecule has 0 aliphatic rings. The second-order valence-electron chi connectivity index (χ2n) is 6.15. The second kappa shape index (κ2) is 6.44. The summed E-state index contributed by atoms with van der Waals surface area (Å²) in [5.74, 6) is 0. The number of nitrogens with zero attached hydrogens (tertiary/aromatic N) is 1. The monoisotopic (exact) mass is 295 g/mol. The van der Waals surface area contributed by atoms with E-state index in [9.17, 15) is 10.2 Å². The Hall–Kier alpha value is -0.00312. The zero-order valence-corrected chi connectivity index (χ0v) is 14.6. The molecule has 108 valence electrons. The number of hydrogen-bond donors (Lipinski definition) is 3. The summed E-state index contributed by atoms with van der Waals surface area (Å²) in [4.78, 5) is 0. The van der Waals surface area contributed by atoms with E-state index >= 15 is 0 Å². The third kappa shape index (κ3) is 4.59. The van der Waals surface area contributed by atoms with Gasteiger partial charge in [-0.2, -0.15) is 0 Å². The van der Waals surface area contributed by atoms with Crippen molar-refractivity contribution in [3.63, 3.8) is 0 Å². The third-order valence-corrected chi connectivity index (χ3v) is 7.89. The molecule has 0 aliphatic carbocycles. The Labute approximate surface area is 114 Å². The number of aliphatic hydroxyl groups is 2. The third-order valence-electron chi connectivity index (χ3n) is 3.28. The van der Waals surface area contributed by atoms with E-state index in [1.807, 2.05) is 13.8 Å². The van der Waals surface area contributed by atoms with Gasteiger partial charge in [0.1, 0.15) is 0 Å². The van der Waals surface area contributed by atoms with Crippen molar-refractivity contribution in [2.75, 3.05) is 0 Å². The van der Waals surface area contributed by atoms with Crippen molar-refractivity contribution in [2.24, 2.45) is 0 Å². The molecule has 0 fully saturated rings. The molecule has 0 bridgehead atoms. The smallest absolute Gasteiger partial charge is 0.344 e. The van der Waals surface area contributed by atoms with Crippen molar-refractivity contribution in [3.05, 3.63) is 0 Å². The van der Waals surface area contributed by atoms with Crippen LogP contribution < -0.4 is 5.09 Å². The van der Waals surface area contributed by atoms with Crippen LogP contribution in [0.25, 0.3) is 0 Å². The van der Waals surface area contributed by atoms with E-state index in [4.69, 9.17) is 4.53 Å². The molecule has 18 heavy (non-hydrogen) atoms. The van der Waals surface area contributed by atoms with Gasteiger partial charge in [-0.1, -0.05) is 30.2 Å². The van der Waals surface area contributed by atoms with Crippen LogP contribution in [0.3, 0.4) is 0 Å². The molecule has 2 unspecified atom stereocenters. The van der Waals surface area contributed by atoms with Crippen LogP contribution in [0.1, 0.15) is 34.6 Å². The maximum atomic E-state index is 9.39. The SMILES string of the molecule is CC(C)=[N+](O[Si](C)(C)C(C)(C)C)C(NP)C(O)O. The fraction of sp³-hybridized carbons (Fsp3) is 0.909. The minimum Gasteiger partial charge on any atom is -0.362 e. The van der Waals surface area contributed by atoms with Crippen molar-refractivity contribution in [1.29, 1.82) is 0 Å². The molecule has 3 N–H and O–H groups in total. The molecular formula is C11H28N2O3PSi+. The molecule has 0 radical (unpaired) electrons. The first-order valence-electron chi connectivity index (χ1n) is 6.05. The van der Waals surface area contributed by atoms with Crippen molar-refractivity contribution in [3.8, 4) is 0 Å². The van der Waals surface area contributed by atoms with Gasteiger partial charge in [0.25, 0.3) is 0 Å². The fourth-order valence-electron chi connectivity index (χ4n) is 1.08. The van der Waals surface area contributed by atoms with Crippen molar-refractivity contribution in [2.45, 2.75) is 65.2 Å². The number of rotatable bonds is 5. The molecule has 0 rings (SSSR count). The van der Waals surface area contributed by atoms with Crippen LogP contribution in [0, 0.1) is 0 Å². The van der Waals surface area contributed by atoms with Crippen LogP contribution in [-0.2, 0) is 4.53 Å². The van der Waals surface area contributed by atoms with E-state index in [2.05, 4.69) is 48.3 Å². The second-order valence-corrected chi connectivity index (χ2v) is 11.2. The summed E-state index contributed by atoms with van der Waals surface area (Å²) in [6, 6.07) is 0. The first kappa shape index (κ1) is 18.0. The Morgan fingerprint density at radius 3 is 1.94 bits per heavy atom. The van der Waals surface area contributed by atoms with E-state index in [0.29, 0.717) is 0 Å². The lowest BCUT2D eigenvalue weighted by Gasteiger charge is -2.33. The van der Waals surface area contributed by atoms with Crippen LogP contribution >= 0.6 is 9.39 Å². The van der Waals surface area contributed by atoms with Gasteiger partial charge in [-0.25, -0.2) is 5.09 Å². The van der Waals surface area contributed by atoms with Gasteiger partial charge in [-0.15, -0.1) is 0 Å². The highest BCUT2D eigenvalue weighted by Crippen LogP contribution is 2.36. The maximum absolute atomic E-state index is 9.39. The zero-order chi connectivity index (χ0) is 14.7. The zero-order valence-electron chi connectivity index (χ0n) is 12.5. The van der Waals surface area contributed by atoms with Gasteiger partial charge in [0.05, 0.1) is 0 Å². The molecule has 0 heterocycles. The Bertz CT molecular complexity index is 310. The van der Waals surface area contributed by atoms with E-state index in [0.717, 1.165) is 5.71 Å². The summed E-state index contributed by atoms with van der Waals surface area (Å²) >= 11 is 0. The lowest BCUT2D eigenvalue weighted by Crippen LogP contribution is -2.53. The summed E-state index contributed by atoms with van der Waals surface area (Å²) in [5.41, 5.74) is 0.868. The van der Waals surface area contributed by atoms with Crippen molar-refractivity contribution in [1.82, 2.24) is 5.09 Å². The first-order valence-corrected chi connectivity index (χ1v) is 9.53. The van der Waals surface area contributed by atoms with Gasteiger partial charge in [-0.05, 0) is 22.9 Å². The summed E-state index contributed by atoms with van der Waals surface area (Å²) in [5, 5.41) is 21.6. The average Bonchev–Trinajstić information content (AvgIpc) is 2.14. The number of hydrogen-bond acceptors (Lipinski definition) is 4. The van der Waals surface area contributed by atoms with E-state index in [1.165, 1.54) is 0 Å². The quantitative estimate of drug-likeness (QED) is 0.179. The van der Waals surface area contributed by atoms with Crippen LogP contribution in [0.5, 0.6) is 0 Å². The first-order chi connectivity index (χ1) is 7.94. The van der Waals surface area contributed by atoms with Gasteiger partial charge >= 0.3 is 14.5 Å². The van der Waals surface area contributed by atoms with Crippen LogP contribution in [0.4, 0.5) is 0 Å². The molecule has 0 aromatic rings. The fourth-order valence-corrected chi connectivity index (χ4v) is 2.45. The lowest BCUT2D eigenvalue weighted by atomic mass is 10.2. The largest absolute Gasteiger partial charge is 0.362 e. The molecule has 2 atom stereocenters. The van der Waals surface area contributed by atoms with Crippen molar-refractivity contribution >= 4 is 23.4 Å². The van der Waals surface area contributed by atoms with Gasteiger partial charge in [0.2, 0.25) is 6.29 Å². The minimum absolute atomic E-state index is 0.0482. The standard InChI is InChI=1S/C11H28N2O3PSi/c1-8(2)13(9(12-17)10(14)15)16-18(6,7)11(3,4)5/h9-10,12,14-15H,17H2,1-7H3/q+1. The van der Waals surface area contributed by atoms with Crippen LogP contribution in [0.15, 0.2) is 0 Å². The topological polar surface area (TPSA) is 64.7 Å². The van der Waals surface area contributed by atoms with Crippen LogP contribution in [0.2, 0.25) is 18.1 Å². The number of hydroxylamine groups is 1. The van der Waals surface area contributed by atoms with Gasteiger partial charge in [-0.3, -0.25) is 0 Å². The molecule has 0 spiro atoms. The molecule has 0 aliphatic heterocycles. The van der Waals surface area contributed by atoms with E-state index < -0.39 is 20.8 Å². The Kier molecular flexibility index (Phi) is 6.43. The molecule has 0 saturated heterocycles. The molecule has 0 aromatic heterocycles. The maximum Gasteiger partial charge on any atom is 0.344 e. The van der Waals surface area contributed by atoms with Crippen molar-refractivity contribution < 1.29 is 19.5 Å². The highest BCUT2D eigenvalue weighted by atomic mass is 31.0. The summed E-state index contributed by atoms with van der Waals surface area (Å²) in [7, 11) is 0.266. The normalized spacial score (nSPS) is 14.6. The minimum atomic E-state index is -2.02. The summed E-state index contributed by atoms with van der Waals surface area (Å²) < 4.78 is 7.68. The predicted molar refractivity (Wildman–Crippen MR) is 79.8 cm³/mol. The Morgan fingerprint density at radius 2 is 1.72 bits per heavy atom. The highest BCUT2D eigenvalue weighted by molar-refractivity contribution is 7.13. The molecule has 0 aromatic carbocycles. The van der Waals surface area contributed by atoms with E-state index in [-0.39, 0.29) is 5.04 Å². The average molecular weight is 295 g/mol. The summed E-state index contributed by atoms with van der Waals surface area (Å²) in [6.07, 6.45) is -2.23. The molecular weight excluding hydrogens is 267 g/mol. The van der Waals surface area contributed by atoms with E-state index in [1.54, 1.807) is 4.74 Å². The van der Waals surface area contributed by atoms with Gasteiger partial charge < -0.3 is 14.7 Å². The predicted octanol–water partition coefficient (Wildman–Crippen LogP) is 1.43. The Balaban J connectivity index is 5.28. The molecule has 5 nitrogen and oxygen atoms in total. The number of nitrogens with one attached hydrogen (secondary N) is 1.